The molecule has 14 heavy (non-hydrogen) atoms. The molecule has 0 spiro atoms. The Morgan fingerprint density at radius 1 is 1.50 bits per heavy atom. The summed E-state index contributed by atoms with van der Waals surface area (Å²) in [5.41, 5.74) is 5.82. The van der Waals surface area contributed by atoms with Gasteiger partial charge in [-0.05, 0) is 31.4 Å². The fourth-order valence-electron chi connectivity index (χ4n) is 1.36. The van der Waals surface area contributed by atoms with Gasteiger partial charge in [0.25, 0.3) is 0 Å². The molecule has 1 aromatic heterocycles. The van der Waals surface area contributed by atoms with E-state index in [4.69, 9.17) is 5.73 Å². The zero-order chi connectivity index (χ0) is 10.7. The minimum Gasteiger partial charge on any atom is -0.321 e. The van der Waals surface area contributed by atoms with Crippen molar-refractivity contribution in [3.63, 3.8) is 0 Å². The topological polar surface area (TPSA) is 43.1 Å². The van der Waals surface area contributed by atoms with Crippen molar-refractivity contribution in [1.29, 1.82) is 0 Å². The highest BCUT2D eigenvalue weighted by molar-refractivity contribution is 7.14. The predicted octanol–water partition coefficient (Wildman–Crippen LogP) is 2.61. The molecule has 0 amide bonds. The Morgan fingerprint density at radius 2 is 2.14 bits per heavy atom. The van der Waals surface area contributed by atoms with Crippen molar-refractivity contribution in [2.75, 3.05) is 0 Å². The summed E-state index contributed by atoms with van der Waals surface area (Å²) in [7, 11) is 0. The molecule has 0 aliphatic rings. The maximum atomic E-state index is 11.8. The number of ketones is 1. The van der Waals surface area contributed by atoms with Gasteiger partial charge in [0.2, 0.25) is 0 Å². The molecule has 2 N–H and O–H groups in total. The lowest BCUT2D eigenvalue weighted by Crippen LogP contribution is -2.31. The van der Waals surface area contributed by atoms with Crippen LogP contribution < -0.4 is 5.73 Å². The molecule has 0 bridgehead atoms. The number of Topliss-reactive ketones (excluding diaryl/α,β-unsaturated/α-hetero) is 1. The molecular formula is C11H17NOS. The third-order valence-electron chi connectivity index (χ3n) is 2.05. The lowest BCUT2D eigenvalue weighted by atomic mass is 10.0. The molecule has 0 aromatic carbocycles. The van der Waals surface area contributed by atoms with E-state index in [9.17, 15) is 4.79 Å². The van der Waals surface area contributed by atoms with Gasteiger partial charge in [-0.25, -0.2) is 0 Å². The van der Waals surface area contributed by atoms with E-state index >= 15 is 0 Å². The number of nitrogens with two attached hydrogens (primary N) is 1. The maximum absolute atomic E-state index is 11.8. The molecule has 0 unspecified atom stereocenters. The van der Waals surface area contributed by atoms with Gasteiger partial charge in [0.15, 0.2) is 5.78 Å². The average molecular weight is 211 g/mol. The quantitative estimate of drug-likeness (QED) is 0.778. The van der Waals surface area contributed by atoms with Crippen molar-refractivity contribution in [2.45, 2.75) is 33.2 Å². The predicted molar refractivity (Wildman–Crippen MR) is 60.8 cm³/mol. The molecule has 78 valence electrons. The molecule has 3 heteroatoms. The molecule has 0 radical (unpaired) electrons. The van der Waals surface area contributed by atoms with Gasteiger partial charge >= 0.3 is 0 Å². The van der Waals surface area contributed by atoms with Crippen molar-refractivity contribution >= 4 is 17.1 Å². The van der Waals surface area contributed by atoms with E-state index in [2.05, 4.69) is 13.8 Å². The van der Waals surface area contributed by atoms with E-state index in [1.807, 2.05) is 19.1 Å². The number of rotatable bonds is 4. The second kappa shape index (κ2) is 4.71. The molecular weight excluding hydrogens is 194 g/mol. The zero-order valence-electron chi connectivity index (χ0n) is 8.91. The van der Waals surface area contributed by atoms with Gasteiger partial charge in [-0.3, -0.25) is 4.79 Å². The number of hydrogen-bond donors (Lipinski definition) is 1. The van der Waals surface area contributed by atoms with E-state index in [0.717, 1.165) is 16.2 Å². The van der Waals surface area contributed by atoms with Gasteiger partial charge in [-0.2, -0.15) is 0 Å². The van der Waals surface area contributed by atoms with E-state index < -0.39 is 0 Å². The Labute approximate surface area is 89.1 Å². The largest absolute Gasteiger partial charge is 0.321 e. The standard InChI is InChI=1S/C11H17NOS/c1-7(2)6-9(12)11(13)10-5-4-8(3)14-10/h4-5,7,9H,6,12H2,1-3H3/t9-/m1/s1. The Hall–Kier alpha value is -0.670. The third kappa shape index (κ3) is 2.93. The number of thiophene rings is 1. The summed E-state index contributed by atoms with van der Waals surface area (Å²) in [6.45, 7) is 6.15. The van der Waals surface area contributed by atoms with Crippen molar-refractivity contribution in [1.82, 2.24) is 0 Å². The molecule has 0 saturated heterocycles. The first-order valence-corrected chi connectivity index (χ1v) is 5.68. The SMILES string of the molecule is Cc1ccc(C(=O)[C@H](N)CC(C)C)s1. The van der Waals surface area contributed by atoms with Gasteiger partial charge in [-0.1, -0.05) is 13.8 Å². The van der Waals surface area contributed by atoms with Crippen LogP contribution in [0, 0.1) is 12.8 Å². The van der Waals surface area contributed by atoms with Gasteiger partial charge in [0.05, 0.1) is 10.9 Å². The van der Waals surface area contributed by atoms with Crippen LogP contribution in [0.2, 0.25) is 0 Å². The Bertz CT molecular complexity index is 317. The van der Waals surface area contributed by atoms with Crippen LogP contribution in [0.4, 0.5) is 0 Å². The molecule has 0 aliphatic carbocycles. The van der Waals surface area contributed by atoms with Crippen molar-refractivity contribution in [2.24, 2.45) is 11.7 Å². The van der Waals surface area contributed by atoms with E-state index in [0.29, 0.717) is 5.92 Å². The Kier molecular flexibility index (Phi) is 3.84. The van der Waals surface area contributed by atoms with Crippen molar-refractivity contribution in [3.8, 4) is 0 Å². The van der Waals surface area contributed by atoms with Gasteiger partial charge in [-0.15, -0.1) is 11.3 Å². The maximum Gasteiger partial charge on any atom is 0.189 e. The second-order valence-corrected chi connectivity index (χ2v) is 5.30. The molecule has 0 saturated carbocycles. The highest BCUT2D eigenvalue weighted by Gasteiger charge is 2.17. The summed E-state index contributed by atoms with van der Waals surface area (Å²) in [6.07, 6.45) is 0.760. The number of carbonyl (C=O) groups is 1. The molecule has 1 aromatic rings. The van der Waals surface area contributed by atoms with Crippen LogP contribution in [0.1, 0.15) is 34.8 Å². The molecule has 1 heterocycles. The van der Waals surface area contributed by atoms with Crippen LogP contribution in [0.15, 0.2) is 12.1 Å². The average Bonchev–Trinajstić information content (AvgIpc) is 2.49. The minimum absolute atomic E-state index is 0.0804. The summed E-state index contributed by atoms with van der Waals surface area (Å²) < 4.78 is 0. The van der Waals surface area contributed by atoms with E-state index in [1.54, 1.807) is 0 Å². The highest BCUT2D eigenvalue weighted by Crippen LogP contribution is 2.18. The smallest absolute Gasteiger partial charge is 0.189 e. The second-order valence-electron chi connectivity index (χ2n) is 4.01. The van der Waals surface area contributed by atoms with Crippen LogP contribution in [-0.2, 0) is 0 Å². The van der Waals surface area contributed by atoms with E-state index in [-0.39, 0.29) is 11.8 Å². The Balaban J connectivity index is 2.65. The van der Waals surface area contributed by atoms with Crippen LogP contribution in [0.25, 0.3) is 0 Å². The lowest BCUT2D eigenvalue weighted by molar-refractivity contribution is 0.0955. The number of carbonyl (C=O) groups excluding carboxylic acids is 1. The normalized spacial score (nSPS) is 13.2. The van der Waals surface area contributed by atoms with Crippen LogP contribution in [0.5, 0.6) is 0 Å². The fraction of sp³-hybridized carbons (Fsp3) is 0.545. The summed E-state index contributed by atoms with van der Waals surface area (Å²) in [4.78, 5) is 13.7. The lowest BCUT2D eigenvalue weighted by Gasteiger charge is -2.11. The summed E-state index contributed by atoms with van der Waals surface area (Å²) in [6, 6.07) is 3.48. The monoisotopic (exact) mass is 211 g/mol. The number of hydrogen-bond acceptors (Lipinski definition) is 3. The highest BCUT2D eigenvalue weighted by atomic mass is 32.1. The van der Waals surface area contributed by atoms with E-state index in [1.165, 1.54) is 11.3 Å². The molecule has 0 fully saturated rings. The summed E-state index contributed by atoms with van der Waals surface area (Å²) >= 11 is 1.52. The third-order valence-corrected chi connectivity index (χ3v) is 3.06. The molecule has 1 atom stereocenters. The molecule has 1 rings (SSSR count). The Morgan fingerprint density at radius 3 is 2.57 bits per heavy atom. The summed E-state index contributed by atoms with van der Waals surface area (Å²) in [5.74, 6) is 0.548. The summed E-state index contributed by atoms with van der Waals surface area (Å²) in [5, 5.41) is 0. The van der Waals surface area contributed by atoms with Crippen LogP contribution in [-0.4, -0.2) is 11.8 Å². The number of aryl methyl sites for hydroxylation is 1. The molecule has 0 aliphatic heterocycles. The fourth-order valence-corrected chi connectivity index (χ4v) is 2.24. The van der Waals surface area contributed by atoms with Crippen molar-refractivity contribution < 1.29 is 4.79 Å². The van der Waals surface area contributed by atoms with Gasteiger partial charge < -0.3 is 5.73 Å². The molecule has 2 nitrogen and oxygen atoms in total. The van der Waals surface area contributed by atoms with Gasteiger partial charge in [0.1, 0.15) is 0 Å². The first kappa shape index (κ1) is 11.4. The minimum atomic E-state index is -0.340. The van der Waals surface area contributed by atoms with Crippen molar-refractivity contribution in [3.05, 3.63) is 21.9 Å². The van der Waals surface area contributed by atoms with Crippen LogP contribution >= 0.6 is 11.3 Å². The first-order valence-electron chi connectivity index (χ1n) is 4.87. The first-order chi connectivity index (χ1) is 6.50. The van der Waals surface area contributed by atoms with Crippen LogP contribution in [0.3, 0.4) is 0 Å². The zero-order valence-corrected chi connectivity index (χ0v) is 9.73. The van der Waals surface area contributed by atoms with Gasteiger partial charge in [0, 0.05) is 4.88 Å².